The lowest BCUT2D eigenvalue weighted by molar-refractivity contribution is -0.119. The van der Waals surface area contributed by atoms with Gasteiger partial charge in [0.25, 0.3) is 5.91 Å². The molecule has 0 aliphatic carbocycles. The van der Waals surface area contributed by atoms with Gasteiger partial charge in [-0.1, -0.05) is 18.2 Å². The number of benzene rings is 2. The van der Waals surface area contributed by atoms with Crippen molar-refractivity contribution >= 4 is 35.1 Å². The lowest BCUT2D eigenvalue weighted by Crippen LogP contribution is -2.20. The first-order valence-electron chi connectivity index (χ1n) is 9.12. The molecular formula is C23H19NO6S. The Kier molecular flexibility index (Phi) is 6.84. The zero-order valence-electron chi connectivity index (χ0n) is 16.5. The number of ether oxygens (including phenoxy) is 2. The molecule has 1 aromatic heterocycles. The van der Waals surface area contributed by atoms with Gasteiger partial charge >= 0.3 is 5.97 Å². The maximum absolute atomic E-state index is 12.5. The third-order valence-corrected chi connectivity index (χ3v) is 5.22. The highest BCUT2D eigenvalue weighted by molar-refractivity contribution is 7.13. The van der Waals surface area contributed by atoms with Crippen molar-refractivity contribution in [1.29, 1.82) is 0 Å². The molecule has 0 unspecified atom stereocenters. The molecule has 7 nitrogen and oxygen atoms in total. The minimum absolute atomic E-state index is 0.0958. The summed E-state index contributed by atoms with van der Waals surface area (Å²) < 4.78 is 11.0. The molecule has 0 fully saturated rings. The predicted molar refractivity (Wildman–Crippen MR) is 118 cm³/mol. The van der Waals surface area contributed by atoms with Crippen LogP contribution in [0.25, 0.3) is 16.5 Å². The van der Waals surface area contributed by atoms with Gasteiger partial charge in [-0.05, 0) is 41.8 Å². The average Bonchev–Trinajstić information content (AvgIpc) is 3.30. The highest BCUT2D eigenvalue weighted by atomic mass is 32.1. The summed E-state index contributed by atoms with van der Waals surface area (Å²) in [5, 5.41) is 10.9. The normalized spacial score (nSPS) is 10.7. The molecular weight excluding hydrogens is 418 g/mol. The van der Waals surface area contributed by atoms with E-state index < -0.39 is 11.9 Å². The van der Waals surface area contributed by atoms with Crippen LogP contribution in [0.5, 0.6) is 11.5 Å². The minimum Gasteiger partial charge on any atom is -0.496 e. The molecule has 1 heterocycles. The molecule has 0 aliphatic heterocycles. The Morgan fingerprint density at radius 2 is 1.77 bits per heavy atom. The van der Waals surface area contributed by atoms with E-state index in [1.165, 1.54) is 48.8 Å². The first kappa shape index (κ1) is 21.8. The molecule has 0 atom stereocenters. The van der Waals surface area contributed by atoms with Crippen LogP contribution in [0.4, 0.5) is 0 Å². The monoisotopic (exact) mass is 437 g/mol. The van der Waals surface area contributed by atoms with E-state index in [2.05, 4.69) is 0 Å². The van der Waals surface area contributed by atoms with Crippen LogP contribution in [-0.4, -0.2) is 36.5 Å². The van der Waals surface area contributed by atoms with E-state index in [9.17, 15) is 14.4 Å². The molecule has 158 valence electrons. The molecule has 1 amide bonds. The zero-order chi connectivity index (χ0) is 22.4. The second kappa shape index (κ2) is 9.73. The summed E-state index contributed by atoms with van der Waals surface area (Å²) in [5.74, 6) is -1.13. The second-order valence-corrected chi connectivity index (χ2v) is 7.35. The molecule has 0 saturated carbocycles. The molecule has 0 aliphatic rings. The van der Waals surface area contributed by atoms with Crippen LogP contribution in [0.2, 0.25) is 0 Å². The van der Waals surface area contributed by atoms with Crippen molar-refractivity contribution < 1.29 is 29.0 Å². The Bertz CT molecular complexity index is 1130. The molecule has 3 aromatic rings. The standard InChI is InChI=1S/C23H19NO6S/c1-29-20-12-19(30-13-22(24)26)16(11-17(20)21-3-2-10-31-21)8-9-18(25)14-4-6-15(7-5-14)23(27)28/h2-12H,13H2,1H3,(H2,24,26)(H,27,28)/b9-8+. The number of methoxy groups -OCH3 is 1. The number of carboxylic acids is 1. The third kappa shape index (κ3) is 5.37. The van der Waals surface area contributed by atoms with Crippen molar-refractivity contribution in [2.45, 2.75) is 0 Å². The molecule has 0 saturated heterocycles. The van der Waals surface area contributed by atoms with E-state index >= 15 is 0 Å². The van der Waals surface area contributed by atoms with Gasteiger partial charge in [-0.25, -0.2) is 4.79 Å². The number of carboxylic acid groups (broad SMARTS) is 1. The topological polar surface area (TPSA) is 116 Å². The van der Waals surface area contributed by atoms with Crippen molar-refractivity contribution in [3.05, 3.63) is 76.7 Å². The van der Waals surface area contributed by atoms with E-state index in [4.69, 9.17) is 20.3 Å². The van der Waals surface area contributed by atoms with Crippen LogP contribution in [0.1, 0.15) is 26.3 Å². The number of primary amides is 1. The Hall–Kier alpha value is -3.91. The predicted octanol–water partition coefficient (Wildman–Crippen LogP) is 3.88. The van der Waals surface area contributed by atoms with E-state index in [0.717, 1.165) is 10.4 Å². The molecule has 0 spiro atoms. The fraction of sp³-hybridized carbons (Fsp3) is 0.0870. The van der Waals surface area contributed by atoms with E-state index in [1.54, 1.807) is 18.2 Å². The van der Waals surface area contributed by atoms with E-state index in [-0.39, 0.29) is 18.0 Å². The van der Waals surface area contributed by atoms with Gasteiger partial charge < -0.3 is 20.3 Å². The van der Waals surface area contributed by atoms with Crippen LogP contribution >= 0.6 is 11.3 Å². The smallest absolute Gasteiger partial charge is 0.335 e. The highest BCUT2D eigenvalue weighted by Gasteiger charge is 2.14. The van der Waals surface area contributed by atoms with Gasteiger partial charge in [0.2, 0.25) is 0 Å². The number of hydrogen-bond acceptors (Lipinski definition) is 6. The Morgan fingerprint density at radius 1 is 1.06 bits per heavy atom. The van der Waals surface area contributed by atoms with Crippen molar-refractivity contribution in [3.63, 3.8) is 0 Å². The van der Waals surface area contributed by atoms with Crippen molar-refractivity contribution in [1.82, 2.24) is 0 Å². The van der Waals surface area contributed by atoms with Crippen molar-refractivity contribution in [2.75, 3.05) is 13.7 Å². The lowest BCUT2D eigenvalue weighted by atomic mass is 10.0. The fourth-order valence-corrected chi connectivity index (χ4v) is 3.56. The fourth-order valence-electron chi connectivity index (χ4n) is 2.81. The summed E-state index contributed by atoms with van der Waals surface area (Å²) in [6, 6.07) is 12.9. The minimum atomic E-state index is -1.06. The summed E-state index contributed by atoms with van der Waals surface area (Å²) in [5.41, 5.74) is 6.99. The maximum atomic E-state index is 12.5. The molecule has 0 radical (unpaired) electrons. The summed E-state index contributed by atoms with van der Waals surface area (Å²) in [4.78, 5) is 35.6. The van der Waals surface area contributed by atoms with Gasteiger partial charge in [0.1, 0.15) is 11.5 Å². The average molecular weight is 437 g/mol. The number of amides is 1. The summed E-state index contributed by atoms with van der Waals surface area (Å²) >= 11 is 1.53. The van der Waals surface area contributed by atoms with Crippen LogP contribution in [0.3, 0.4) is 0 Å². The Morgan fingerprint density at radius 3 is 2.35 bits per heavy atom. The highest BCUT2D eigenvalue weighted by Crippen LogP contribution is 2.38. The van der Waals surface area contributed by atoms with Crippen molar-refractivity contribution in [2.24, 2.45) is 5.73 Å². The van der Waals surface area contributed by atoms with E-state index in [0.29, 0.717) is 22.6 Å². The first-order valence-corrected chi connectivity index (χ1v) is 9.99. The SMILES string of the molecule is COc1cc(OCC(N)=O)c(/C=C/C(=O)c2ccc(C(=O)O)cc2)cc1-c1cccs1. The maximum Gasteiger partial charge on any atom is 0.335 e. The van der Waals surface area contributed by atoms with Gasteiger partial charge in [-0.15, -0.1) is 11.3 Å². The Balaban J connectivity index is 1.96. The van der Waals surface area contributed by atoms with Crippen LogP contribution < -0.4 is 15.2 Å². The molecule has 2 aromatic carbocycles. The number of carbonyl (C=O) groups is 3. The van der Waals surface area contributed by atoms with Gasteiger partial charge in [0.05, 0.1) is 12.7 Å². The largest absolute Gasteiger partial charge is 0.496 e. The molecule has 0 bridgehead atoms. The molecule has 31 heavy (non-hydrogen) atoms. The second-order valence-electron chi connectivity index (χ2n) is 6.40. The number of aromatic carboxylic acids is 1. The number of allylic oxidation sites excluding steroid dienone is 1. The van der Waals surface area contributed by atoms with Crippen LogP contribution in [0, 0.1) is 0 Å². The Labute approximate surface area is 182 Å². The summed E-state index contributed by atoms with van der Waals surface area (Å²) in [7, 11) is 1.53. The van der Waals surface area contributed by atoms with E-state index in [1.807, 2.05) is 17.5 Å². The van der Waals surface area contributed by atoms with Crippen molar-refractivity contribution in [3.8, 4) is 21.9 Å². The van der Waals surface area contributed by atoms with Crippen LogP contribution in [-0.2, 0) is 4.79 Å². The van der Waals surface area contributed by atoms with Gasteiger partial charge in [-0.3, -0.25) is 9.59 Å². The zero-order valence-corrected chi connectivity index (χ0v) is 17.3. The number of nitrogens with two attached hydrogens (primary N) is 1. The quantitative estimate of drug-likeness (QED) is 0.388. The van der Waals surface area contributed by atoms with Gasteiger partial charge in [0.15, 0.2) is 12.4 Å². The first-order chi connectivity index (χ1) is 14.9. The molecule has 3 N–H and O–H groups in total. The molecule has 8 heteroatoms. The van der Waals surface area contributed by atoms with Gasteiger partial charge in [-0.2, -0.15) is 0 Å². The number of rotatable bonds is 9. The van der Waals surface area contributed by atoms with Gasteiger partial charge in [0, 0.05) is 27.6 Å². The number of thiophene rings is 1. The lowest BCUT2D eigenvalue weighted by Gasteiger charge is -2.13. The van der Waals surface area contributed by atoms with Crippen LogP contribution in [0.15, 0.2) is 60.0 Å². The number of carbonyl (C=O) groups excluding carboxylic acids is 2. The number of hydrogen-bond donors (Lipinski definition) is 2. The third-order valence-electron chi connectivity index (χ3n) is 4.32. The number of ketones is 1. The summed E-state index contributed by atoms with van der Waals surface area (Å²) in [6.45, 7) is -0.326. The summed E-state index contributed by atoms with van der Waals surface area (Å²) in [6.07, 6.45) is 2.92. The molecule has 3 rings (SSSR count).